The zero-order valence-electron chi connectivity index (χ0n) is 14.1. The average molecular weight is 434 g/mol. The molecule has 3 rings (SSSR count). The zero-order valence-corrected chi connectivity index (χ0v) is 14.9. The number of rotatable bonds is 3. The van der Waals surface area contributed by atoms with Crippen LogP contribution in [0.4, 0.5) is 32.0 Å². The topological polar surface area (TPSA) is 46.9 Å². The van der Waals surface area contributed by atoms with Crippen molar-refractivity contribution in [3.05, 3.63) is 76.6 Å². The Morgan fingerprint density at radius 3 is 2.00 bits per heavy atom. The number of carbonyl (C=O) groups is 1. The number of nitrogens with one attached hydrogen (secondary N) is 1. The van der Waals surface area contributed by atoms with Gasteiger partial charge in [-0.3, -0.25) is 4.79 Å². The highest BCUT2D eigenvalue weighted by molar-refractivity contribution is 6.30. The summed E-state index contributed by atoms with van der Waals surface area (Å²) in [4.78, 5) is 12.2. The summed E-state index contributed by atoms with van der Waals surface area (Å²) < 4.78 is 77.8. The van der Waals surface area contributed by atoms with Crippen molar-refractivity contribution in [1.29, 1.82) is 0 Å². The lowest BCUT2D eigenvalue weighted by atomic mass is 10.2. The van der Waals surface area contributed by atoms with Crippen LogP contribution in [0, 0.1) is 0 Å². The predicted octanol–water partition coefficient (Wildman–Crippen LogP) is 5.82. The first-order valence-corrected chi connectivity index (χ1v) is 8.25. The minimum absolute atomic E-state index is 0.0683. The van der Waals surface area contributed by atoms with E-state index in [1.54, 1.807) is 24.3 Å². The third-order valence-corrected chi connectivity index (χ3v) is 4.02. The third-order valence-electron chi connectivity index (χ3n) is 3.77. The summed E-state index contributed by atoms with van der Waals surface area (Å²) in [6.45, 7) is 0. The Bertz CT molecular complexity index is 1020. The molecule has 3 aromatic rings. The van der Waals surface area contributed by atoms with E-state index in [1.165, 1.54) is 12.1 Å². The van der Waals surface area contributed by atoms with Gasteiger partial charge < -0.3 is 5.32 Å². The van der Waals surface area contributed by atoms with Crippen molar-refractivity contribution in [1.82, 2.24) is 9.78 Å². The number of hydrogen-bond donors (Lipinski definition) is 1. The second-order valence-electron chi connectivity index (χ2n) is 5.83. The number of nitrogens with zero attached hydrogens (tertiary/aromatic N) is 2. The molecule has 0 bridgehead atoms. The van der Waals surface area contributed by atoms with Crippen LogP contribution in [0.2, 0.25) is 5.02 Å². The van der Waals surface area contributed by atoms with Crippen molar-refractivity contribution >= 4 is 23.2 Å². The lowest BCUT2D eigenvalue weighted by Crippen LogP contribution is -2.14. The molecule has 11 heteroatoms. The van der Waals surface area contributed by atoms with E-state index in [0.29, 0.717) is 10.7 Å². The van der Waals surface area contributed by atoms with Gasteiger partial charge >= 0.3 is 12.4 Å². The summed E-state index contributed by atoms with van der Waals surface area (Å²) in [6.07, 6.45) is -10.1. The number of hydrogen-bond acceptors (Lipinski definition) is 2. The Kier molecular flexibility index (Phi) is 5.31. The van der Waals surface area contributed by atoms with Crippen molar-refractivity contribution in [3.8, 4) is 5.69 Å². The second kappa shape index (κ2) is 7.43. The first kappa shape index (κ1) is 20.7. The average Bonchev–Trinajstić information content (AvgIpc) is 3.10. The highest BCUT2D eigenvalue weighted by Crippen LogP contribution is 2.36. The van der Waals surface area contributed by atoms with Crippen molar-refractivity contribution in [3.63, 3.8) is 0 Å². The molecule has 0 aliphatic rings. The summed E-state index contributed by atoms with van der Waals surface area (Å²) in [6, 6.07) is 10.6. The highest BCUT2D eigenvalue weighted by Gasteiger charge is 2.42. The summed E-state index contributed by atoms with van der Waals surface area (Å²) >= 11 is 5.74. The number of amides is 1. The van der Waals surface area contributed by atoms with Gasteiger partial charge in [0.05, 0.1) is 5.69 Å². The fourth-order valence-electron chi connectivity index (χ4n) is 2.41. The molecule has 0 spiro atoms. The molecule has 1 amide bonds. The van der Waals surface area contributed by atoms with E-state index in [9.17, 15) is 31.1 Å². The molecule has 0 fully saturated rings. The van der Waals surface area contributed by atoms with Crippen molar-refractivity contribution in [2.75, 3.05) is 5.32 Å². The smallest absolute Gasteiger partial charge is 0.322 e. The molecule has 152 valence electrons. The largest absolute Gasteiger partial charge is 0.435 e. The number of carbonyl (C=O) groups excluding carboxylic acids is 1. The number of halogens is 7. The van der Waals surface area contributed by atoms with Gasteiger partial charge in [0, 0.05) is 22.3 Å². The normalized spacial score (nSPS) is 12.1. The van der Waals surface area contributed by atoms with Gasteiger partial charge in [-0.05, 0) is 48.5 Å². The maximum atomic E-state index is 13.1. The molecule has 0 atom stereocenters. The fraction of sp³-hybridized carbons (Fsp3) is 0.111. The Morgan fingerprint density at radius 1 is 0.897 bits per heavy atom. The van der Waals surface area contributed by atoms with E-state index in [0.717, 1.165) is 12.1 Å². The molecule has 1 aromatic heterocycles. The molecule has 2 aromatic carbocycles. The van der Waals surface area contributed by atoms with Gasteiger partial charge in [0.25, 0.3) is 5.91 Å². The van der Waals surface area contributed by atoms with Crippen LogP contribution in [0.25, 0.3) is 5.69 Å². The van der Waals surface area contributed by atoms with E-state index < -0.39 is 29.6 Å². The van der Waals surface area contributed by atoms with Gasteiger partial charge in [-0.25, -0.2) is 4.68 Å². The van der Waals surface area contributed by atoms with Crippen LogP contribution in [0.5, 0.6) is 0 Å². The van der Waals surface area contributed by atoms with Crippen LogP contribution >= 0.6 is 11.6 Å². The van der Waals surface area contributed by atoms with Crippen LogP contribution in [0.3, 0.4) is 0 Å². The Morgan fingerprint density at radius 2 is 1.48 bits per heavy atom. The standard InChI is InChI=1S/C18H10ClF6N3O/c19-11-3-5-12(6-4-11)26-16(29)10-1-7-13(8-2-10)28-15(18(23,24)25)9-14(27-28)17(20,21)22/h1-9H,(H,26,29). The molecule has 4 nitrogen and oxygen atoms in total. The van der Waals surface area contributed by atoms with Gasteiger partial charge in [0.15, 0.2) is 5.69 Å². The summed E-state index contributed by atoms with van der Waals surface area (Å²) in [5, 5.41) is 6.05. The van der Waals surface area contributed by atoms with Crippen LogP contribution in [-0.2, 0) is 12.4 Å². The van der Waals surface area contributed by atoms with Crippen LogP contribution < -0.4 is 5.32 Å². The van der Waals surface area contributed by atoms with Gasteiger partial charge in [-0.15, -0.1) is 0 Å². The van der Waals surface area contributed by atoms with E-state index >= 15 is 0 Å². The number of anilines is 1. The Labute approximate surface area is 164 Å². The number of benzene rings is 2. The van der Waals surface area contributed by atoms with Gasteiger partial charge in [0.1, 0.15) is 5.69 Å². The van der Waals surface area contributed by atoms with Crippen molar-refractivity contribution in [2.24, 2.45) is 0 Å². The van der Waals surface area contributed by atoms with Crippen LogP contribution in [0.1, 0.15) is 21.7 Å². The SMILES string of the molecule is O=C(Nc1ccc(Cl)cc1)c1ccc(-n2nc(C(F)(F)F)cc2C(F)(F)F)cc1. The van der Waals surface area contributed by atoms with Crippen molar-refractivity contribution < 1.29 is 31.1 Å². The quantitative estimate of drug-likeness (QED) is 0.529. The molecule has 0 saturated heterocycles. The third kappa shape index (κ3) is 4.70. The lowest BCUT2D eigenvalue weighted by Gasteiger charge is -2.11. The van der Waals surface area contributed by atoms with Gasteiger partial charge in [0.2, 0.25) is 0 Å². The molecule has 29 heavy (non-hydrogen) atoms. The number of aromatic nitrogens is 2. The van der Waals surface area contributed by atoms with E-state index in [-0.39, 0.29) is 22.0 Å². The van der Waals surface area contributed by atoms with Gasteiger partial charge in [-0.2, -0.15) is 31.4 Å². The summed E-state index contributed by atoms with van der Waals surface area (Å²) in [5.41, 5.74) is -3.02. The Balaban J connectivity index is 1.89. The molecule has 1 N–H and O–H groups in total. The van der Waals surface area contributed by atoms with E-state index in [2.05, 4.69) is 10.4 Å². The monoisotopic (exact) mass is 433 g/mol. The van der Waals surface area contributed by atoms with Gasteiger partial charge in [-0.1, -0.05) is 11.6 Å². The molecule has 0 aliphatic carbocycles. The molecule has 0 aliphatic heterocycles. The summed E-state index contributed by atoms with van der Waals surface area (Å²) in [7, 11) is 0. The maximum absolute atomic E-state index is 13.1. The lowest BCUT2D eigenvalue weighted by molar-refractivity contribution is -0.143. The van der Waals surface area contributed by atoms with Crippen LogP contribution in [-0.4, -0.2) is 15.7 Å². The summed E-state index contributed by atoms with van der Waals surface area (Å²) in [5.74, 6) is -0.564. The van der Waals surface area contributed by atoms with Crippen molar-refractivity contribution in [2.45, 2.75) is 12.4 Å². The molecule has 1 heterocycles. The minimum Gasteiger partial charge on any atom is -0.322 e. The maximum Gasteiger partial charge on any atom is 0.435 e. The first-order valence-electron chi connectivity index (χ1n) is 7.87. The highest BCUT2D eigenvalue weighted by atomic mass is 35.5. The zero-order chi connectivity index (χ0) is 21.4. The molecule has 0 radical (unpaired) electrons. The first-order chi connectivity index (χ1) is 13.4. The fourth-order valence-corrected chi connectivity index (χ4v) is 2.53. The molecular weight excluding hydrogens is 424 g/mol. The Hall–Kier alpha value is -3.01. The second-order valence-corrected chi connectivity index (χ2v) is 6.27. The minimum atomic E-state index is -5.05. The predicted molar refractivity (Wildman–Crippen MR) is 93.0 cm³/mol. The number of alkyl halides is 6. The van der Waals surface area contributed by atoms with E-state index in [1.807, 2.05) is 0 Å². The van der Waals surface area contributed by atoms with E-state index in [4.69, 9.17) is 11.6 Å². The molecule has 0 saturated carbocycles. The van der Waals surface area contributed by atoms with Crippen LogP contribution in [0.15, 0.2) is 54.6 Å². The molecular formula is C18H10ClF6N3O. The molecule has 0 unspecified atom stereocenters.